The minimum absolute atomic E-state index is 0.436. The second-order valence-corrected chi connectivity index (χ2v) is 5.49. The zero-order valence-corrected chi connectivity index (χ0v) is 10.9. The maximum Gasteiger partial charge on any atom is 0.250 e. The van der Waals surface area contributed by atoms with Gasteiger partial charge in [-0.25, -0.2) is 0 Å². The van der Waals surface area contributed by atoms with Gasteiger partial charge in [0.15, 0.2) is 5.60 Å². The third-order valence-electron chi connectivity index (χ3n) is 3.82. The second kappa shape index (κ2) is 5.13. The van der Waals surface area contributed by atoms with Gasteiger partial charge in [0.05, 0.1) is 12.2 Å². The summed E-state index contributed by atoms with van der Waals surface area (Å²) >= 11 is 0. The molecule has 1 atom stereocenters. The van der Waals surface area contributed by atoms with Gasteiger partial charge in [-0.2, -0.15) is 0 Å². The predicted molar refractivity (Wildman–Crippen MR) is 65.0 cm³/mol. The Morgan fingerprint density at radius 1 is 1.39 bits per heavy atom. The van der Waals surface area contributed by atoms with Gasteiger partial charge < -0.3 is 20.3 Å². The van der Waals surface area contributed by atoms with Crippen molar-refractivity contribution in [2.24, 2.45) is 5.73 Å². The summed E-state index contributed by atoms with van der Waals surface area (Å²) in [5.74, 6) is -0.453. The Hall–Kier alpha value is -0.690. The lowest BCUT2D eigenvalue weighted by atomic mass is 9.92. The highest BCUT2D eigenvalue weighted by Gasteiger charge is 2.40. The third-order valence-corrected chi connectivity index (χ3v) is 3.82. The number of carbonyl (C=O) groups excluding carboxylic acids is 1. The molecule has 2 fully saturated rings. The Morgan fingerprint density at radius 3 is 2.67 bits per heavy atom. The van der Waals surface area contributed by atoms with E-state index in [1.807, 2.05) is 0 Å². The van der Waals surface area contributed by atoms with E-state index in [9.17, 15) is 9.90 Å². The summed E-state index contributed by atoms with van der Waals surface area (Å²) in [6, 6.07) is 0. The lowest BCUT2D eigenvalue weighted by Gasteiger charge is -2.43. The van der Waals surface area contributed by atoms with E-state index in [4.69, 9.17) is 15.2 Å². The highest BCUT2D eigenvalue weighted by Crippen LogP contribution is 2.24. The van der Waals surface area contributed by atoms with E-state index in [0.29, 0.717) is 52.3 Å². The number of ether oxygens (including phenoxy) is 2. The van der Waals surface area contributed by atoms with Crippen LogP contribution >= 0.6 is 0 Å². The lowest BCUT2D eigenvalue weighted by molar-refractivity contribution is -0.159. The Kier molecular flexibility index (Phi) is 3.91. The average Bonchev–Trinajstić information content (AvgIpc) is 2.29. The minimum atomic E-state index is -0.945. The van der Waals surface area contributed by atoms with Crippen LogP contribution in [-0.4, -0.2) is 66.6 Å². The number of aliphatic hydroxyl groups is 1. The first kappa shape index (κ1) is 13.7. The van der Waals surface area contributed by atoms with Gasteiger partial charge >= 0.3 is 0 Å². The van der Waals surface area contributed by atoms with Crippen LogP contribution in [-0.2, 0) is 14.3 Å². The summed E-state index contributed by atoms with van der Waals surface area (Å²) < 4.78 is 10.7. The van der Waals surface area contributed by atoms with Crippen LogP contribution in [0.2, 0.25) is 0 Å². The van der Waals surface area contributed by atoms with Gasteiger partial charge in [0.25, 0.3) is 5.91 Å². The number of carbonyl (C=O) groups is 1. The molecular weight excluding hydrogens is 236 g/mol. The van der Waals surface area contributed by atoms with Crippen LogP contribution in [0.5, 0.6) is 0 Å². The Balaban J connectivity index is 1.95. The van der Waals surface area contributed by atoms with E-state index in [1.165, 1.54) is 0 Å². The maximum atomic E-state index is 11.4. The van der Waals surface area contributed by atoms with Gasteiger partial charge in [0, 0.05) is 45.7 Å². The molecule has 0 aromatic carbocycles. The molecule has 0 saturated carbocycles. The number of amides is 1. The van der Waals surface area contributed by atoms with Crippen molar-refractivity contribution in [3.63, 3.8) is 0 Å². The molecule has 3 N–H and O–H groups in total. The number of β-amino-alcohol motifs (C(OH)–C–C–N with tert-alkyl or cyclic N) is 1. The van der Waals surface area contributed by atoms with Gasteiger partial charge in [-0.1, -0.05) is 0 Å². The summed E-state index contributed by atoms with van der Waals surface area (Å²) in [5.41, 5.74) is 3.70. The zero-order valence-electron chi connectivity index (χ0n) is 10.9. The molecule has 2 rings (SSSR count). The molecule has 0 radical (unpaired) electrons. The first-order chi connectivity index (χ1) is 8.44. The summed E-state index contributed by atoms with van der Waals surface area (Å²) in [5, 5.41) is 10.5. The van der Waals surface area contributed by atoms with E-state index < -0.39 is 17.1 Å². The van der Waals surface area contributed by atoms with Crippen molar-refractivity contribution in [2.75, 3.05) is 39.5 Å². The maximum absolute atomic E-state index is 11.4. The van der Waals surface area contributed by atoms with Crippen LogP contribution < -0.4 is 5.73 Å². The Bertz CT molecular complexity index is 317. The highest BCUT2D eigenvalue weighted by atomic mass is 16.5. The fourth-order valence-electron chi connectivity index (χ4n) is 2.56. The SMILES string of the molecule is CC1(C(N)=O)CN(CC2(O)CCOCC2)CCO1. The number of nitrogens with two attached hydrogens (primary N) is 1. The monoisotopic (exact) mass is 258 g/mol. The molecule has 0 spiro atoms. The molecule has 2 heterocycles. The Morgan fingerprint density at radius 2 is 2.06 bits per heavy atom. The largest absolute Gasteiger partial charge is 0.388 e. The zero-order chi connectivity index (χ0) is 13.2. The molecule has 18 heavy (non-hydrogen) atoms. The molecule has 6 heteroatoms. The van der Waals surface area contributed by atoms with Crippen LogP contribution in [0.1, 0.15) is 19.8 Å². The van der Waals surface area contributed by atoms with Gasteiger partial charge in [0.1, 0.15) is 0 Å². The number of hydrogen-bond donors (Lipinski definition) is 2. The lowest BCUT2D eigenvalue weighted by Crippen LogP contribution is -2.60. The van der Waals surface area contributed by atoms with Gasteiger partial charge in [-0.05, 0) is 6.92 Å². The molecule has 0 aromatic rings. The smallest absolute Gasteiger partial charge is 0.250 e. The van der Waals surface area contributed by atoms with Crippen LogP contribution in [0.4, 0.5) is 0 Å². The molecule has 2 aliphatic heterocycles. The summed E-state index contributed by atoms with van der Waals surface area (Å²) in [4.78, 5) is 13.4. The standard InChI is InChI=1S/C12H22N2O4/c1-11(10(13)15)8-14(4-7-18-11)9-12(16)2-5-17-6-3-12/h16H,2-9H2,1H3,(H2,13,15). The highest BCUT2D eigenvalue weighted by molar-refractivity contribution is 5.83. The molecule has 0 aliphatic carbocycles. The number of primary amides is 1. The second-order valence-electron chi connectivity index (χ2n) is 5.49. The number of nitrogens with zero attached hydrogens (tertiary/aromatic N) is 1. The van der Waals surface area contributed by atoms with Crippen molar-refractivity contribution in [2.45, 2.75) is 31.0 Å². The van der Waals surface area contributed by atoms with Gasteiger partial charge in [-0.3, -0.25) is 9.69 Å². The number of hydrogen-bond acceptors (Lipinski definition) is 5. The van der Waals surface area contributed by atoms with Crippen LogP contribution in [0.3, 0.4) is 0 Å². The number of morpholine rings is 1. The van der Waals surface area contributed by atoms with Gasteiger partial charge in [-0.15, -0.1) is 0 Å². The van der Waals surface area contributed by atoms with Crippen molar-refractivity contribution >= 4 is 5.91 Å². The number of rotatable bonds is 3. The fourth-order valence-corrected chi connectivity index (χ4v) is 2.56. The molecule has 2 aliphatic rings. The van der Waals surface area contributed by atoms with Crippen LogP contribution in [0, 0.1) is 0 Å². The summed E-state index contributed by atoms with van der Waals surface area (Å²) in [6.45, 7) is 5.05. The quantitative estimate of drug-likeness (QED) is 0.685. The predicted octanol–water partition coefficient (Wildman–Crippen LogP) is -0.896. The molecule has 0 bridgehead atoms. The summed E-state index contributed by atoms with van der Waals surface area (Å²) in [7, 11) is 0. The molecule has 6 nitrogen and oxygen atoms in total. The molecule has 104 valence electrons. The van der Waals surface area contributed by atoms with E-state index in [2.05, 4.69) is 4.90 Å². The van der Waals surface area contributed by atoms with Crippen molar-refractivity contribution in [3.05, 3.63) is 0 Å². The van der Waals surface area contributed by atoms with Crippen molar-refractivity contribution in [3.8, 4) is 0 Å². The Labute approximate surface area is 107 Å². The molecule has 0 aromatic heterocycles. The van der Waals surface area contributed by atoms with Crippen molar-refractivity contribution < 1.29 is 19.4 Å². The minimum Gasteiger partial charge on any atom is -0.388 e. The van der Waals surface area contributed by atoms with Crippen molar-refractivity contribution in [1.82, 2.24) is 4.90 Å². The van der Waals surface area contributed by atoms with Crippen molar-refractivity contribution in [1.29, 1.82) is 0 Å². The fraction of sp³-hybridized carbons (Fsp3) is 0.917. The molecule has 1 amide bonds. The molecule has 2 saturated heterocycles. The van der Waals surface area contributed by atoms with Gasteiger partial charge in [0.2, 0.25) is 0 Å². The van der Waals surface area contributed by atoms with E-state index in [0.717, 1.165) is 0 Å². The van der Waals surface area contributed by atoms with Crippen LogP contribution in [0.15, 0.2) is 0 Å². The van der Waals surface area contributed by atoms with E-state index in [1.54, 1.807) is 6.92 Å². The third kappa shape index (κ3) is 3.00. The molecule has 1 unspecified atom stereocenters. The molecular formula is C12H22N2O4. The van der Waals surface area contributed by atoms with E-state index in [-0.39, 0.29) is 0 Å². The van der Waals surface area contributed by atoms with E-state index >= 15 is 0 Å². The van der Waals surface area contributed by atoms with Crippen LogP contribution in [0.25, 0.3) is 0 Å². The first-order valence-corrected chi connectivity index (χ1v) is 6.40. The summed E-state index contributed by atoms with van der Waals surface area (Å²) in [6.07, 6.45) is 1.27. The topological polar surface area (TPSA) is 85.0 Å². The average molecular weight is 258 g/mol. The normalized spacial score (nSPS) is 33.2. The first-order valence-electron chi connectivity index (χ1n) is 6.40.